The highest BCUT2D eigenvalue weighted by Gasteiger charge is 2.17. The third kappa shape index (κ3) is 4.20. The minimum atomic E-state index is -0.226. The number of benzene rings is 3. The normalized spacial score (nSPS) is 11.1. The maximum Gasteiger partial charge on any atom is 0.267 e. The molecule has 0 saturated carbocycles. The van der Waals surface area contributed by atoms with Crippen molar-refractivity contribution in [1.82, 2.24) is 24.7 Å². The Bertz CT molecular complexity index is 1830. The lowest BCUT2D eigenvalue weighted by Gasteiger charge is -2.14. The molecule has 0 spiro atoms. The van der Waals surface area contributed by atoms with E-state index in [9.17, 15) is 4.79 Å². The van der Waals surface area contributed by atoms with E-state index in [0.717, 1.165) is 28.3 Å². The van der Waals surface area contributed by atoms with E-state index >= 15 is 0 Å². The molecule has 0 aliphatic rings. The van der Waals surface area contributed by atoms with Crippen molar-refractivity contribution in [2.75, 3.05) is 19.0 Å². The Balaban J connectivity index is 1.50. The zero-order chi connectivity index (χ0) is 26.1. The number of fused-ring (bicyclic) bond motifs is 3. The molecule has 6 rings (SSSR count). The van der Waals surface area contributed by atoms with Gasteiger partial charge in [0.25, 0.3) is 5.56 Å². The number of aromatic amines is 1. The van der Waals surface area contributed by atoms with Crippen molar-refractivity contribution in [3.63, 3.8) is 0 Å². The topological polar surface area (TPSA) is 107 Å². The summed E-state index contributed by atoms with van der Waals surface area (Å²) in [6.07, 6.45) is 3.23. The van der Waals surface area contributed by atoms with Crippen LogP contribution in [0, 0.1) is 0 Å². The van der Waals surface area contributed by atoms with Gasteiger partial charge >= 0.3 is 0 Å². The van der Waals surface area contributed by atoms with Crippen molar-refractivity contribution in [3.8, 4) is 28.3 Å². The fourth-order valence-corrected chi connectivity index (χ4v) is 4.45. The van der Waals surface area contributed by atoms with E-state index in [1.165, 1.54) is 6.20 Å². The van der Waals surface area contributed by atoms with Gasteiger partial charge < -0.3 is 14.8 Å². The number of H-pyrrole nitrogens is 1. The van der Waals surface area contributed by atoms with Gasteiger partial charge in [-0.3, -0.25) is 14.5 Å². The molecule has 0 bridgehead atoms. The van der Waals surface area contributed by atoms with E-state index in [2.05, 4.69) is 20.5 Å². The molecule has 0 fully saturated rings. The maximum absolute atomic E-state index is 13.7. The van der Waals surface area contributed by atoms with Crippen molar-refractivity contribution in [2.24, 2.45) is 0 Å². The van der Waals surface area contributed by atoms with Crippen LogP contribution in [0.2, 0.25) is 0 Å². The zero-order valence-corrected chi connectivity index (χ0v) is 20.8. The van der Waals surface area contributed by atoms with Gasteiger partial charge in [0.1, 0.15) is 11.5 Å². The van der Waals surface area contributed by atoms with Gasteiger partial charge in [0, 0.05) is 11.9 Å². The molecule has 6 aromatic rings. The van der Waals surface area contributed by atoms with Crippen LogP contribution >= 0.6 is 0 Å². The molecule has 0 amide bonds. The summed E-state index contributed by atoms with van der Waals surface area (Å²) < 4.78 is 12.5. The molecule has 2 N–H and O–H groups in total. The van der Waals surface area contributed by atoms with Crippen molar-refractivity contribution < 1.29 is 9.47 Å². The number of ether oxygens (including phenoxy) is 2. The molecular formula is C29H24N6O3. The summed E-state index contributed by atoms with van der Waals surface area (Å²) in [5.74, 6) is 1.90. The number of anilines is 2. The molecule has 0 aliphatic carbocycles. The Morgan fingerprint density at radius 2 is 1.71 bits per heavy atom. The fraction of sp³-hybridized carbons (Fsp3) is 0.103. The van der Waals surface area contributed by atoms with Gasteiger partial charge in [-0.15, -0.1) is 0 Å². The molecule has 0 aliphatic heterocycles. The standard InChI is InChI=1S/C29H24N6O3/c1-3-38-23-9-5-7-19(15-23)18-6-4-8-21(14-18)35-27-24(26-25(28(35)36)17-31-34-26)16-30-29(33-27)32-20-10-12-22(37-2)13-11-20/h4-17H,3H2,1-2H3,(H,31,34)(H,30,32,33). The van der Waals surface area contributed by atoms with E-state index in [-0.39, 0.29) is 5.56 Å². The summed E-state index contributed by atoms with van der Waals surface area (Å²) in [5, 5.41) is 11.4. The van der Waals surface area contributed by atoms with E-state index in [1.807, 2.05) is 79.7 Å². The second-order valence-corrected chi connectivity index (χ2v) is 8.59. The van der Waals surface area contributed by atoms with Crippen LogP contribution in [0.25, 0.3) is 38.8 Å². The third-order valence-corrected chi connectivity index (χ3v) is 6.25. The molecule has 9 heteroatoms. The summed E-state index contributed by atoms with van der Waals surface area (Å²) in [6, 6.07) is 23.1. The van der Waals surface area contributed by atoms with Crippen LogP contribution < -0.4 is 20.3 Å². The first kappa shape index (κ1) is 23.2. The van der Waals surface area contributed by atoms with Crippen LogP contribution in [-0.4, -0.2) is 38.4 Å². The summed E-state index contributed by atoms with van der Waals surface area (Å²) in [4.78, 5) is 23.0. The van der Waals surface area contributed by atoms with Crippen LogP contribution in [0.3, 0.4) is 0 Å². The number of aromatic nitrogens is 5. The van der Waals surface area contributed by atoms with Gasteiger partial charge in [-0.2, -0.15) is 10.1 Å². The Hall–Kier alpha value is -5.18. The number of hydrogen-bond donors (Lipinski definition) is 2. The number of hydrogen-bond acceptors (Lipinski definition) is 7. The zero-order valence-electron chi connectivity index (χ0n) is 20.8. The fourth-order valence-electron chi connectivity index (χ4n) is 4.45. The average Bonchev–Trinajstić information content (AvgIpc) is 3.45. The Morgan fingerprint density at radius 1 is 0.921 bits per heavy atom. The number of pyridine rings is 1. The summed E-state index contributed by atoms with van der Waals surface area (Å²) in [5.41, 5.74) is 4.22. The monoisotopic (exact) mass is 504 g/mol. The molecule has 188 valence electrons. The SMILES string of the molecule is CCOc1cccc(-c2cccc(-n3c(=O)c4cn[nH]c4c4cnc(Nc5ccc(OC)cc5)nc43)c2)c1. The number of nitrogens with zero attached hydrogens (tertiary/aromatic N) is 4. The maximum atomic E-state index is 13.7. The molecule has 38 heavy (non-hydrogen) atoms. The summed E-state index contributed by atoms with van der Waals surface area (Å²) in [6.45, 7) is 2.54. The van der Waals surface area contributed by atoms with Crippen LogP contribution in [0.4, 0.5) is 11.6 Å². The van der Waals surface area contributed by atoms with Crippen molar-refractivity contribution in [3.05, 3.63) is 95.5 Å². The summed E-state index contributed by atoms with van der Waals surface area (Å²) in [7, 11) is 1.62. The molecule has 0 atom stereocenters. The molecule has 3 aromatic carbocycles. The molecule has 3 heterocycles. The van der Waals surface area contributed by atoms with Crippen molar-refractivity contribution in [2.45, 2.75) is 6.92 Å². The van der Waals surface area contributed by atoms with Gasteiger partial charge in [0.15, 0.2) is 5.65 Å². The van der Waals surface area contributed by atoms with E-state index in [1.54, 1.807) is 17.9 Å². The quantitative estimate of drug-likeness (QED) is 0.297. The predicted molar refractivity (Wildman–Crippen MR) is 148 cm³/mol. The van der Waals surface area contributed by atoms with Crippen LogP contribution in [0.5, 0.6) is 11.5 Å². The minimum Gasteiger partial charge on any atom is -0.497 e. The van der Waals surface area contributed by atoms with Crippen molar-refractivity contribution in [1.29, 1.82) is 0 Å². The first-order valence-electron chi connectivity index (χ1n) is 12.1. The first-order chi connectivity index (χ1) is 18.6. The Morgan fingerprint density at radius 3 is 2.50 bits per heavy atom. The molecule has 0 unspecified atom stereocenters. The molecule has 3 aromatic heterocycles. The third-order valence-electron chi connectivity index (χ3n) is 6.25. The largest absolute Gasteiger partial charge is 0.497 e. The van der Waals surface area contributed by atoms with E-state index < -0.39 is 0 Å². The van der Waals surface area contributed by atoms with E-state index in [0.29, 0.717) is 40.2 Å². The number of rotatable bonds is 7. The van der Waals surface area contributed by atoms with Gasteiger partial charge in [0.05, 0.1) is 41.9 Å². The Labute approximate surface area is 217 Å². The lowest BCUT2D eigenvalue weighted by atomic mass is 10.0. The molecule has 0 saturated heterocycles. The van der Waals surface area contributed by atoms with E-state index in [4.69, 9.17) is 14.5 Å². The summed E-state index contributed by atoms with van der Waals surface area (Å²) >= 11 is 0. The second-order valence-electron chi connectivity index (χ2n) is 8.59. The van der Waals surface area contributed by atoms with Gasteiger partial charge in [-0.05, 0) is 66.6 Å². The number of nitrogens with one attached hydrogen (secondary N) is 2. The van der Waals surface area contributed by atoms with Crippen LogP contribution in [-0.2, 0) is 0 Å². The molecule has 9 nitrogen and oxygen atoms in total. The highest BCUT2D eigenvalue weighted by Crippen LogP contribution is 2.28. The molecular weight excluding hydrogens is 480 g/mol. The Kier molecular flexibility index (Phi) is 5.93. The van der Waals surface area contributed by atoms with Crippen LogP contribution in [0.1, 0.15) is 6.92 Å². The predicted octanol–water partition coefficient (Wildman–Crippen LogP) is 5.47. The highest BCUT2D eigenvalue weighted by atomic mass is 16.5. The second kappa shape index (κ2) is 9.70. The minimum absolute atomic E-state index is 0.226. The highest BCUT2D eigenvalue weighted by molar-refractivity contribution is 6.02. The van der Waals surface area contributed by atoms with Gasteiger partial charge in [-0.1, -0.05) is 24.3 Å². The lowest BCUT2D eigenvalue weighted by molar-refractivity contribution is 0.340. The first-order valence-corrected chi connectivity index (χ1v) is 12.1. The molecule has 0 radical (unpaired) electrons. The van der Waals surface area contributed by atoms with Gasteiger partial charge in [0.2, 0.25) is 5.95 Å². The van der Waals surface area contributed by atoms with Gasteiger partial charge in [-0.25, -0.2) is 4.98 Å². The number of methoxy groups -OCH3 is 1. The lowest BCUT2D eigenvalue weighted by Crippen LogP contribution is -2.20. The average molecular weight is 505 g/mol. The van der Waals surface area contributed by atoms with Crippen LogP contribution in [0.15, 0.2) is 90.0 Å². The van der Waals surface area contributed by atoms with Crippen molar-refractivity contribution >= 4 is 33.6 Å². The smallest absolute Gasteiger partial charge is 0.267 e.